The van der Waals surface area contributed by atoms with Crippen LogP contribution in [0.5, 0.6) is 0 Å². The van der Waals surface area contributed by atoms with Crippen LogP contribution in [-0.4, -0.2) is 49.5 Å². The van der Waals surface area contributed by atoms with Gasteiger partial charge in [0.15, 0.2) is 11.4 Å². The van der Waals surface area contributed by atoms with Gasteiger partial charge in [-0.2, -0.15) is 0 Å². The molecule has 1 saturated heterocycles. The highest BCUT2D eigenvalue weighted by Crippen LogP contribution is 2.21. The molecule has 1 aromatic carbocycles. The summed E-state index contributed by atoms with van der Waals surface area (Å²) in [5.41, 5.74) is 0.784. The van der Waals surface area contributed by atoms with Gasteiger partial charge in [-0.05, 0) is 24.4 Å². The summed E-state index contributed by atoms with van der Waals surface area (Å²) in [5, 5.41) is 0.482. The third kappa shape index (κ3) is 2.91. The summed E-state index contributed by atoms with van der Waals surface area (Å²) in [5.74, 6) is -0.0397. The lowest BCUT2D eigenvalue weighted by atomic mass is 10.3. The summed E-state index contributed by atoms with van der Waals surface area (Å²) < 4.78 is 10.3. The molecule has 6 heteroatoms. The second kappa shape index (κ2) is 6.10. The van der Waals surface area contributed by atoms with Crippen LogP contribution < -0.4 is 4.90 Å². The maximum absolute atomic E-state index is 12.1. The molecule has 0 aliphatic carbocycles. The van der Waals surface area contributed by atoms with Crippen molar-refractivity contribution in [2.45, 2.75) is 6.29 Å². The molecule has 1 heterocycles. The molecule has 102 valence electrons. The molecular weight excluding hydrogens is 264 g/mol. The first kappa shape index (κ1) is 13.9. The summed E-state index contributed by atoms with van der Waals surface area (Å²) >= 11 is 5.36. The largest absolute Gasteiger partial charge is 0.354 e. The Morgan fingerprint density at radius 2 is 1.89 bits per heavy atom. The standard InChI is InChI=1S/C13H16N2O3S/c1-17-12(18-2)9-14-8-11(16)15(13(14)19)10-6-4-3-5-7-10/h3-7,12H,8-9H2,1-2H3. The fraction of sp³-hybridized carbons (Fsp3) is 0.385. The number of methoxy groups -OCH3 is 2. The van der Waals surface area contributed by atoms with Gasteiger partial charge < -0.3 is 14.4 Å². The fourth-order valence-electron chi connectivity index (χ4n) is 1.95. The second-order valence-corrected chi connectivity index (χ2v) is 4.49. The minimum atomic E-state index is -0.401. The van der Waals surface area contributed by atoms with Crippen LogP contribution in [0, 0.1) is 0 Å². The van der Waals surface area contributed by atoms with Gasteiger partial charge >= 0.3 is 0 Å². The van der Waals surface area contributed by atoms with E-state index in [-0.39, 0.29) is 12.5 Å². The molecule has 0 saturated carbocycles. The lowest BCUT2D eigenvalue weighted by molar-refractivity contribution is -0.119. The van der Waals surface area contributed by atoms with Gasteiger partial charge in [0.25, 0.3) is 5.91 Å². The monoisotopic (exact) mass is 280 g/mol. The Morgan fingerprint density at radius 1 is 1.26 bits per heavy atom. The Bertz CT molecular complexity index is 462. The summed E-state index contributed by atoms with van der Waals surface area (Å²) in [7, 11) is 3.12. The molecule has 1 aliphatic rings. The highest BCUT2D eigenvalue weighted by atomic mass is 32.1. The molecule has 0 unspecified atom stereocenters. The average Bonchev–Trinajstić information content (AvgIpc) is 2.71. The number of para-hydroxylation sites is 1. The maximum atomic E-state index is 12.1. The molecule has 1 aromatic rings. The van der Waals surface area contributed by atoms with E-state index >= 15 is 0 Å². The number of benzene rings is 1. The zero-order valence-electron chi connectivity index (χ0n) is 10.9. The smallest absolute Gasteiger partial charge is 0.252 e. The van der Waals surface area contributed by atoms with Crippen molar-refractivity contribution in [1.82, 2.24) is 4.90 Å². The van der Waals surface area contributed by atoms with Crippen molar-refractivity contribution in [3.8, 4) is 0 Å². The number of nitrogens with zero attached hydrogens (tertiary/aromatic N) is 2. The van der Waals surface area contributed by atoms with Crippen molar-refractivity contribution < 1.29 is 14.3 Å². The molecule has 0 aromatic heterocycles. The molecule has 1 amide bonds. The Hall–Kier alpha value is -1.50. The van der Waals surface area contributed by atoms with Crippen molar-refractivity contribution >= 4 is 28.9 Å². The maximum Gasteiger partial charge on any atom is 0.252 e. The number of ether oxygens (including phenoxy) is 2. The first-order valence-corrected chi connectivity index (χ1v) is 6.30. The molecule has 2 rings (SSSR count). The van der Waals surface area contributed by atoms with E-state index in [1.165, 1.54) is 4.90 Å². The number of rotatable bonds is 5. The Kier molecular flexibility index (Phi) is 4.47. The molecule has 0 atom stereocenters. The van der Waals surface area contributed by atoms with Gasteiger partial charge in [0.1, 0.15) is 6.54 Å². The topological polar surface area (TPSA) is 42.0 Å². The van der Waals surface area contributed by atoms with Gasteiger partial charge in [0.05, 0.1) is 12.2 Å². The number of anilines is 1. The minimum absolute atomic E-state index is 0.0397. The number of hydrogen-bond donors (Lipinski definition) is 0. The highest BCUT2D eigenvalue weighted by Gasteiger charge is 2.34. The van der Waals surface area contributed by atoms with E-state index in [4.69, 9.17) is 21.7 Å². The molecule has 0 radical (unpaired) electrons. The molecule has 0 N–H and O–H groups in total. The van der Waals surface area contributed by atoms with E-state index in [9.17, 15) is 4.79 Å². The molecule has 0 spiro atoms. The van der Waals surface area contributed by atoms with Gasteiger partial charge in [-0.25, -0.2) is 0 Å². The van der Waals surface area contributed by atoms with E-state index in [2.05, 4.69) is 0 Å². The Labute approximate surface area is 117 Å². The van der Waals surface area contributed by atoms with E-state index in [1.54, 1.807) is 19.1 Å². The Balaban J connectivity index is 2.13. The van der Waals surface area contributed by atoms with Gasteiger partial charge in [0, 0.05) is 14.2 Å². The zero-order valence-corrected chi connectivity index (χ0v) is 11.7. The van der Waals surface area contributed by atoms with E-state index in [1.807, 2.05) is 30.3 Å². The van der Waals surface area contributed by atoms with Crippen molar-refractivity contribution in [3.05, 3.63) is 30.3 Å². The lowest BCUT2D eigenvalue weighted by Crippen LogP contribution is -2.38. The first-order chi connectivity index (χ1) is 9.17. The summed E-state index contributed by atoms with van der Waals surface area (Å²) in [6, 6.07) is 9.37. The van der Waals surface area contributed by atoms with Gasteiger partial charge in [0.2, 0.25) is 0 Å². The van der Waals surface area contributed by atoms with E-state index in [0.29, 0.717) is 11.7 Å². The van der Waals surface area contributed by atoms with Crippen molar-refractivity contribution in [1.29, 1.82) is 0 Å². The van der Waals surface area contributed by atoms with Crippen LogP contribution >= 0.6 is 12.2 Å². The summed E-state index contributed by atoms with van der Waals surface area (Å²) in [6.45, 7) is 0.678. The number of amides is 1. The van der Waals surface area contributed by atoms with Gasteiger partial charge in [-0.15, -0.1) is 0 Å². The fourth-order valence-corrected chi connectivity index (χ4v) is 2.30. The predicted octanol–water partition coefficient (Wildman–Crippen LogP) is 1.24. The zero-order chi connectivity index (χ0) is 13.8. The SMILES string of the molecule is COC(CN1CC(=O)N(c2ccccc2)C1=S)OC. The third-order valence-corrected chi connectivity index (χ3v) is 3.39. The Morgan fingerprint density at radius 3 is 2.47 bits per heavy atom. The highest BCUT2D eigenvalue weighted by molar-refractivity contribution is 7.80. The molecule has 19 heavy (non-hydrogen) atoms. The van der Waals surface area contributed by atoms with Crippen LogP contribution in [0.15, 0.2) is 30.3 Å². The second-order valence-electron chi connectivity index (χ2n) is 4.13. The van der Waals surface area contributed by atoms with Crippen LogP contribution in [-0.2, 0) is 14.3 Å². The number of carbonyl (C=O) groups excluding carboxylic acids is 1. The number of hydrogen-bond acceptors (Lipinski definition) is 4. The molecular formula is C13H16N2O3S. The van der Waals surface area contributed by atoms with Crippen LogP contribution in [0.4, 0.5) is 5.69 Å². The van der Waals surface area contributed by atoms with Crippen LogP contribution in [0.2, 0.25) is 0 Å². The average molecular weight is 280 g/mol. The minimum Gasteiger partial charge on any atom is -0.354 e. The van der Waals surface area contributed by atoms with Gasteiger partial charge in [-0.3, -0.25) is 9.69 Å². The third-order valence-electron chi connectivity index (χ3n) is 2.95. The lowest BCUT2D eigenvalue weighted by Gasteiger charge is -2.23. The summed E-state index contributed by atoms with van der Waals surface area (Å²) in [4.78, 5) is 15.4. The van der Waals surface area contributed by atoms with Crippen LogP contribution in [0.1, 0.15) is 0 Å². The molecule has 5 nitrogen and oxygen atoms in total. The molecule has 0 bridgehead atoms. The predicted molar refractivity (Wildman–Crippen MR) is 75.9 cm³/mol. The van der Waals surface area contributed by atoms with Crippen LogP contribution in [0.3, 0.4) is 0 Å². The number of carbonyl (C=O) groups is 1. The quantitative estimate of drug-likeness (QED) is 0.599. The van der Waals surface area contributed by atoms with E-state index < -0.39 is 6.29 Å². The van der Waals surface area contributed by atoms with Crippen LogP contribution in [0.25, 0.3) is 0 Å². The summed E-state index contributed by atoms with van der Waals surface area (Å²) in [6.07, 6.45) is -0.401. The normalized spacial score (nSPS) is 15.7. The van der Waals surface area contributed by atoms with Gasteiger partial charge in [-0.1, -0.05) is 18.2 Å². The van der Waals surface area contributed by atoms with Crippen molar-refractivity contribution in [2.75, 3.05) is 32.2 Å². The first-order valence-electron chi connectivity index (χ1n) is 5.90. The van der Waals surface area contributed by atoms with Crippen molar-refractivity contribution in [2.24, 2.45) is 0 Å². The molecule has 1 fully saturated rings. The van der Waals surface area contributed by atoms with Crippen molar-refractivity contribution in [3.63, 3.8) is 0 Å². The number of thiocarbonyl (C=S) groups is 1. The molecule has 1 aliphatic heterocycles. The van der Waals surface area contributed by atoms with E-state index in [0.717, 1.165) is 5.69 Å².